The largest absolute Gasteiger partial charge is 2.00 e. The minimum Gasteiger partial charge on any atom is -0.335 e. The molecule has 198 valence electrons. The molecule has 0 saturated carbocycles. The Morgan fingerprint density at radius 2 is 1.51 bits per heavy atom. The topological polar surface area (TPSA) is 43.1 Å². The van der Waals surface area contributed by atoms with Crippen LogP contribution in [0.2, 0.25) is 0 Å². The average molecular weight is 708 g/mol. The van der Waals surface area contributed by atoms with Crippen LogP contribution in [0, 0.1) is 12.1 Å². The van der Waals surface area contributed by atoms with E-state index in [4.69, 9.17) is 9.97 Å². The van der Waals surface area contributed by atoms with Crippen molar-refractivity contribution in [2.45, 2.75) is 19.3 Å². The summed E-state index contributed by atoms with van der Waals surface area (Å²) in [7, 11) is 0. The second-order valence-electron chi connectivity index (χ2n) is 10.8. The van der Waals surface area contributed by atoms with Crippen molar-refractivity contribution in [3.63, 3.8) is 0 Å². The number of fused-ring (bicyclic) bond motifs is 10. The molecule has 0 atom stereocenters. The standard InChI is InChI=1S/C36H24N4.Pt/c1-36(2,25-12-9-11-23(20-25)29-14-7-8-19-37-29)26-17-18-31-28(21-26)34-33(27-13-4-3-10-24(27)22-38-34)35-39-30-15-5-6-16-32(30)40(31)35;/h3-19,22H,1-2H3;/q-2;+2. The smallest absolute Gasteiger partial charge is 0.335 e. The molecule has 5 heteroatoms. The maximum Gasteiger partial charge on any atom is 2.00 e. The van der Waals surface area contributed by atoms with E-state index in [2.05, 4.69) is 108 Å². The molecule has 0 radical (unpaired) electrons. The number of hydrogen-bond donors (Lipinski definition) is 0. The van der Waals surface area contributed by atoms with E-state index in [-0.39, 0.29) is 26.5 Å². The van der Waals surface area contributed by atoms with Gasteiger partial charge in [0.25, 0.3) is 0 Å². The van der Waals surface area contributed by atoms with Gasteiger partial charge in [-0.2, -0.15) is 0 Å². The number of aromatic nitrogens is 4. The summed E-state index contributed by atoms with van der Waals surface area (Å²) in [5.41, 5.74) is 8.64. The Morgan fingerprint density at radius 1 is 0.707 bits per heavy atom. The number of nitrogens with zero attached hydrogens (tertiary/aromatic N) is 4. The van der Waals surface area contributed by atoms with E-state index < -0.39 is 0 Å². The molecule has 4 aromatic carbocycles. The Hall–Kier alpha value is -4.40. The zero-order valence-corrected chi connectivity index (χ0v) is 24.8. The van der Waals surface area contributed by atoms with Gasteiger partial charge in [0.2, 0.25) is 0 Å². The molecule has 0 N–H and O–H groups in total. The van der Waals surface area contributed by atoms with Gasteiger partial charge >= 0.3 is 21.1 Å². The maximum atomic E-state index is 5.10. The molecule has 0 aliphatic rings. The van der Waals surface area contributed by atoms with Gasteiger partial charge in [-0.1, -0.05) is 62.4 Å². The summed E-state index contributed by atoms with van der Waals surface area (Å²) in [6, 6.07) is 40.8. The molecule has 4 nitrogen and oxygen atoms in total. The van der Waals surface area contributed by atoms with E-state index in [0.29, 0.717) is 0 Å². The summed E-state index contributed by atoms with van der Waals surface area (Å²) in [6.07, 6.45) is 3.78. The number of imidazole rings is 1. The third-order valence-electron chi connectivity index (χ3n) is 8.07. The van der Waals surface area contributed by atoms with Crippen LogP contribution in [0.25, 0.3) is 60.5 Å². The molecule has 4 aromatic heterocycles. The van der Waals surface area contributed by atoms with E-state index in [0.717, 1.165) is 71.6 Å². The quantitative estimate of drug-likeness (QED) is 0.137. The van der Waals surface area contributed by atoms with E-state index in [1.807, 2.05) is 36.7 Å². The first-order valence-corrected chi connectivity index (χ1v) is 13.5. The molecule has 4 heterocycles. The third-order valence-corrected chi connectivity index (χ3v) is 8.07. The van der Waals surface area contributed by atoms with Crippen LogP contribution < -0.4 is 0 Å². The van der Waals surface area contributed by atoms with Gasteiger partial charge < -0.3 is 14.4 Å². The van der Waals surface area contributed by atoms with Gasteiger partial charge in [-0.3, -0.25) is 0 Å². The Balaban J connectivity index is 0.00000276. The predicted octanol–water partition coefficient (Wildman–Crippen LogP) is 8.33. The summed E-state index contributed by atoms with van der Waals surface area (Å²) in [5, 5.41) is 4.28. The molecule has 0 unspecified atom stereocenters. The number of rotatable bonds is 3. The van der Waals surface area contributed by atoms with E-state index in [1.54, 1.807) is 0 Å². The Labute approximate surface area is 252 Å². The monoisotopic (exact) mass is 707 g/mol. The molecule has 0 amide bonds. The molecule has 0 aliphatic carbocycles. The van der Waals surface area contributed by atoms with E-state index in [1.165, 1.54) is 0 Å². The summed E-state index contributed by atoms with van der Waals surface area (Å²) >= 11 is 0. The molecule has 0 saturated heterocycles. The molecule has 0 spiro atoms. The second-order valence-corrected chi connectivity index (χ2v) is 10.8. The minimum atomic E-state index is -0.353. The van der Waals surface area contributed by atoms with Crippen molar-refractivity contribution in [2.24, 2.45) is 0 Å². The van der Waals surface area contributed by atoms with Crippen molar-refractivity contribution in [3.8, 4) is 11.3 Å². The van der Waals surface area contributed by atoms with Gasteiger partial charge in [0.15, 0.2) is 0 Å². The van der Waals surface area contributed by atoms with Gasteiger partial charge in [0.05, 0.1) is 11.0 Å². The molecule has 8 rings (SSSR count). The van der Waals surface area contributed by atoms with Crippen molar-refractivity contribution in [1.29, 1.82) is 0 Å². The first kappa shape index (κ1) is 25.6. The van der Waals surface area contributed by atoms with E-state index in [9.17, 15) is 0 Å². The third kappa shape index (κ3) is 3.89. The molecular formula is C36H24N4Pt. The summed E-state index contributed by atoms with van der Waals surface area (Å²) in [4.78, 5) is 14.6. The van der Waals surface area contributed by atoms with Crippen LogP contribution in [0.3, 0.4) is 0 Å². The van der Waals surface area contributed by atoms with Gasteiger partial charge in [-0.15, -0.1) is 64.5 Å². The fourth-order valence-electron chi connectivity index (χ4n) is 5.88. The van der Waals surface area contributed by atoms with Crippen LogP contribution in [0.1, 0.15) is 25.0 Å². The summed E-state index contributed by atoms with van der Waals surface area (Å²) in [6.45, 7) is 4.46. The van der Waals surface area contributed by atoms with Gasteiger partial charge in [-0.25, -0.2) is 4.98 Å². The van der Waals surface area contributed by atoms with Crippen molar-refractivity contribution < 1.29 is 21.1 Å². The summed E-state index contributed by atoms with van der Waals surface area (Å²) < 4.78 is 2.27. The van der Waals surface area contributed by atoms with Crippen molar-refractivity contribution >= 4 is 49.3 Å². The number of para-hydroxylation sites is 2. The van der Waals surface area contributed by atoms with Crippen molar-refractivity contribution in [1.82, 2.24) is 19.4 Å². The van der Waals surface area contributed by atoms with Crippen LogP contribution in [-0.2, 0) is 26.5 Å². The summed E-state index contributed by atoms with van der Waals surface area (Å²) in [5.74, 6) is 0. The maximum absolute atomic E-state index is 5.10. The molecule has 8 aromatic rings. The zero-order valence-electron chi connectivity index (χ0n) is 22.5. The Morgan fingerprint density at radius 3 is 2.39 bits per heavy atom. The fourth-order valence-corrected chi connectivity index (χ4v) is 5.88. The number of benzene rings is 4. The van der Waals surface area contributed by atoms with Crippen molar-refractivity contribution in [3.05, 3.63) is 133 Å². The molecule has 0 aliphatic heterocycles. The molecule has 0 bridgehead atoms. The predicted molar refractivity (Wildman–Crippen MR) is 162 cm³/mol. The van der Waals surface area contributed by atoms with Gasteiger partial charge in [0, 0.05) is 23.3 Å². The minimum absolute atomic E-state index is 0. The van der Waals surface area contributed by atoms with Gasteiger partial charge in [0.1, 0.15) is 5.65 Å². The second kappa shape index (κ2) is 9.61. The average Bonchev–Trinajstić information content (AvgIpc) is 3.41. The van der Waals surface area contributed by atoms with Crippen LogP contribution >= 0.6 is 0 Å². The van der Waals surface area contributed by atoms with Crippen LogP contribution in [0.4, 0.5) is 0 Å². The Bertz CT molecular complexity index is 2250. The number of hydrogen-bond acceptors (Lipinski definition) is 3. The molecular weight excluding hydrogens is 684 g/mol. The molecule has 0 fully saturated rings. The number of pyridine rings is 3. The molecule has 41 heavy (non-hydrogen) atoms. The SMILES string of the molecule is CC(C)(c1[c-]c(-c2ccccn2)ccc1)c1[c-]c2c3ncc4ccccc4c3c3nc4ccccc4n3c2cc1.[Pt+2]. The van der Waals surface area contributed by atoms with E-state index >= 15 is 0 Å². The van der Waals surface area contributed by atoms with Crippen LogP contribution in [0.15, 0.2) is 109 Å². The van der Waals surface area contributed by atoms with Crippen LogP contribution in [-0.4, -0.2) is 19.4 Å². The first-order valence-electron chi connectivity index (χ1n) is 13.5. The first-order chi connectivity index (χ1) is 19.6. The zero-order chi connectivity index (χ0) is 26.8. The Kier molecular flexibility index (Phi) is 5.99. The van der Waals surface area contributed by atoms with Gasteiger partial charge in [-0.05, 0) is 45.6 Å². The normalized spacial score (nSPS) is 12.0. The van der Waals surface area contributed by atoms with Crippen LogP contribution in [0.5, 0.6) is 0 Å². The fraction of sp³-hybridized carbons (Fsp3) is 0.0833. The van der Waals surface area contributed by atoms with Crippen molar-refractivity contribution in [2.75, 3.05) is 0 Å².